The Hall–Kier alpha value is -3.91. The summed E-state index contributed by atoms with van der Waals surface area (Å²) >= 11 is 1.74. The molecule has 0 saturated carbocycles. The molecule has 13 heteroatoms. The highest BCUT2D eigenvalue weighted by Gasteiger charge is 2.41. The van der Waals surface area contributed by atoms with Gasteiger partial charge >= 0.3 is 11.9 Å². The van der Waals surface area contributed by atoms with Crippen LogP contribution in [0.1, 0.15) is 62.9 Å². The number of aromatic nitrogens is 3. The predicted molar refractivity (Wildman–Crippen MR) is 200 cm³/mol. The molecule has 0 fully saturated rings. The van der Waals surface area contributed by atoms with Gasteiger partial charge in [0.25, 0.3) is 10.1 Å². The van der Waals surface area contributed by atoms with Crippen molar-refractivity contribution < 1.29 is 36.5 Å². The molecule has 0 radical (unpaired) electrons. The smallest absolute Gasteiger partial charge is 0.311 e. The van der Waals surface area contributed by atoms with Crippen LogP contribution in [0, 0.1) is 24.7 Å². The number of hydrogen-bond donors (Lipinski definition) is 1. The summed E-state index contributed by atoms with van der Waals surface area (Å²) in [5, 5.41) is 8.59. The molecule has 0 aliphatic rings. The number of nitrogens with zero attached hydrogens (tertiary/aromatic N) is 4. The van der Waals surface area contributed by atoms with E-state index in [-0.39, 0.29) is 31.8 Å². The minimum absolute atomic E-state index is 0.0548. The predicted octanol–water partition coefficient (Wildman–Crippen LogP) is 6.72. The average Bonchev–Trinajstić information content (AvgIpc) is 3.66. The second-order valence-electron chi connectivity index (χ2n) is 15.3. The fraction of sp³-hybridized carbons (Fsp3) is 0.474. The van der Waals surface area contributed by atoms with Crippen LogP contribution in [0.3, 0.4) is 0 Å². The molecule has 1 N–H and O–H groups in total. The number of ether oxygens (including phenoxy) is 2. The van der Waals surface area contributed by atoms with Crippen molar-refractivity contribution in [2.75, 3.05) is 39.5 Å². The zero-order valence-corrected chi connectivity index (χ0v) is 32.6. The van der Waals surface area contributed by atoms with Gasteiger partial charge in [0.2, 0.25) is 0 Å². The van der Waals surface area contributed by atoms with E-state index < -0.39 is 32.9 Å². The summed E-state index contributed by atoms with van der Waals surface area (Å²) < 4.78 is 44.4. The van der Waals surface area contributed by atoms with Crippen molar-refractivity contribution in [2.24, 2.45) is 10.8 Å². The molecule has 0 atom stereocenters. The Bertz CT molecular complexity index is 1910. The van der Waals surface area contributed by atoms with Gasteiger partial charge < -0.3 is 14.0 Å². The molecule has 2 aromatic carbocycles. The molecule has 2 aromatic heterocycles. The number of esters is 2. The van der Waals surface area contributed by atoms with Crippen LogP contribution in [0.4, 0.5) is 0 Å². The molecule has 4 aromatic rings. The number of hydrogen-bond acceptors (Lipinski definition) is 9. The number of rotatable bonds is 17. The number of likely N-dealkylation sites (N-methyl/N-ethyl adjacent to an activating group) is 1. The SMILES string of the molecule is Cc1ccc(-c2cc(Cn3cc(COC(=O)C(C)(C)CC(C)(C)C(=O)OCC[N+](C)(C)CCCS(=O)(=O)O)nn3)c(-c3ccc(C)cc3)s2)cc1. The topological polar surface area (TPSA) is 138 Å². The lowest BCUT2D eigenvalue weighted by molar-refractivity contribution is -0.890. The lowest BCUT2D eigenvalue weighted by Gasteiger charge is -2.33. The lowest BCUT2D eigenvalue weighted by Crippen LogP contribution is -2.44. The van der Waals surface area contributed by atoms with E-state index in [0.29, 0.717) is 29.8 Å². The molecule has 0 aliphatic carbocycles. The number of quaternary nitrogens is 1. The van der Waals surface area contributed by atoms with Gasteiger partial charge in [0.1, 0.15) is 25.5 Å². The van der Waals surface area contributed by atoms with Crippen LogP contribution in [-0.4, -0.2) is 83.9 Å². The summed E-state index contributed by atoms with van der Waals surface area (Å²) in [4.78, 5) is 28.6. The van der Waals surface area contributed by atoms with E-state index in [2.05, 4.69) is 78.8 Å². The van der Waals surface area contributed by atoms with Crippen LogP contribution in [0.25, 0.3) is 20.9 Å². The summed E-state index contributed by atoms with van der Waals surface area (Å²) in [6.07, 6.45) is 2.27. The molecule has 0 unspecified atom stereocenters. The van der Waals surface area contributed by atoms with Gasteiger partial charge in [-0.1, -0.05) is 64.9 Å². The van der Waals surface area contributed by atoms with Crippen LogP contribution in [0.5, 0.6) is 0 Å². The van der Waals surface area contributed by atoms with Crippen LogP contribution in [0.15, 0.2) is 60.8 Å². The van der Waals surface area contributed by atoms with Gasteiger partial charge in [-0.05, 0) is 70.7 Å². The Labute approximate surface area is 305 Å². The number of thiophene rings is 1. The van der Waals surface area contributed by atoms with Crippen molar-refractivity contribution in [2.45, 2.75) is 67.5 Å². The molecule has 2 heterocycles. The minimum atomic E-state index is -4.02. The largest absolute Gasteiger partial charge is 0.459 e. The van der Waals surface area contributed by atoms with E-state index in [0.717, 1.165) is 21.6 Å². The minimum Gasteiger partial charge on any atom is -0.459 e. The van der Waals surface area contributed by atoms with Crippen LogP contribution < -0.4 is 0 Å². The highest BCUT2D eigenvalue weighted by Crippen LogP contribution is 2.39. The fourth-order valence-electron chi connectivity index (χ4n) is 5.96. The Morgan fingerprint density at radius 3 is 2.04 bits per heavy atom. The summed E-state index contributed by atoms with van der Waals surface area (Å²) in [5.74, 6) is -1.21. The molecule has 11 nitrogen and oxygen atoms in total. The highest BCUT2D eigenvalue weighted by atomic mass is 32.2. The Morgan fingerprint density at radius 1 is 0.882 bits per heavy atom. The molecular formula is C38H51N4O7S2+. The molecule has 51 heavy (non-hydrogen) atoms. The van der Waals surface area contributed by atoms with E-state index in [1.54, 1.807) is 49.9 Å². The van der Waals surface area contributed by atoms with Crippen molar-refractivity contribution in [1.29, 1.82) is 0 Å². The van der Waals surface area contributed by atoms with Gasteiger partial charge in [-0.15, -0.1) is 16.4 Å². The van der Waals surface area contributed by atoms with Crippen molar-refractivity contribution in [3.05, 3.63) is 83.2 Å². The van der Waals surface area contributed by atoms with Crippen LogP contribution >= 0.6 is 11.3 Å². The maximum Gasteiger partial charge on any atom is 0.311 e. The molecule has 0 bridgehead atoms. The maximum absolute atomic E-state index is 13.2. The van der Waals surface area contributed by atoms with E-state index in [1.165, 1.54) is 16.0 Å². The summed E-state index contributed by atoms with van der Waals surface area (Å²) in [7, 11) is -0.222. The van der Waals surface area contributed by atoms with Crippen LogP contribution in [0.2, 0.25) is 0 Å². The molecule has 4 rings (SSSR count). The first-order valence-corrected chi connectivity index (χ1v) is 19.4. The lowest BCUT2D eigenvalue weighted by atomic mass is 9.75. The van der Waals surface area contributed by atoms with Crippen molar-refractivity contribution >= 4 is 33.4 Å². The number of benzene rings is 2. The van der Waals surface area contributed by atoms with Gasteiger partial charge in [0.15, 0.2) is 0 Å². The quantitative estimate of drug-likeness (QED) is 0.0711. The summed E-state index contributed by atoms with van der Waals surface area (Å²) in [6.45, 7) is 12.6. The maximum atomic E-state index is 13.2. The third kappa shape index (κ3) is 11.8. The van der Waals surface area contributed by atoms with Crippen molar-refractivity contribution in [1.82, 2.24) is 15.0 Å². The second-order valence-corrected chi connectivity index (χ2v) is 17.9. The van der Waals surface area contributed by atoms with Gasteiger partial charge in [-0.3, -0.25) is 14.1 Å². The van der Waals surface area contributed by atoms with E-state index >= 15 is 0 Å². The number of carbonyl (C=O) groups is 2. The van der Waals surface area contributed by atoms with Crippen LogP contribution in [-0.2, 0) is 42.3 Å². The summed E-state index contributed by atoms with van der Waals surface area (Å²) in [6, 6.07) is 19.2. The third-order valence-electron chi connectivity index (χ3n) is 8.81. The molecule has 0 spiro atoms. The molecule has 0 aliphatic heterocycles. The van der Waals surface area contributed by atoms with Crippen molar-refractivity contribution in [3.8, 4) is 20.9 Å². The number of carbonyl (C=O) groups excluding carboxylic acids is 2. The Balaban J connectivity index is 1.34. The van der Waals surface area contributed by atoms with Gasteiger partial charge in [0, 0.05) is 16.2 Å². The second kappa shape index (κ2) is 16.2. The summed E-state index contributed by atoms with van der Waals surface area (Å²) in [5.41, 5.74) is 4.37. The van der Waals surface area contributed by atoms with E-state index in [9.17, 15) is 18.0 Å². The third-order valence-corrected chi connectivity index (χ3v) is 10.9. The first kappa shape index (κ1) is 39.9. The highest BCUT2D eigenvalue weighted by molar-refractivity contribution is 7.85. The van der Waals surface area contributed by atoms with Gasteiger partial charge in [-0.25, -0.2) is 4.68 Å². The molecular weight excluding hydrogens is 689 g/mol. The van der Waals surface area contributed by atoms with Gasteiger partial charge in [-0.2, -0.15) is 8.42 Å². The standard InChI is InChI=1S/C38H50N4O7S2/c1-27-10-14-29(15-11-27)33-22-31(34(50-33)30-16-12-28(2)13-17-30)23-41-24-32(39-40-41)25-49-36(44)38(5,6)26-37(3,4)35(43)48-20-19-42(7,8)18-9-21-51(45,46)47/h10-17,22,24H,9,18-21,23,25-26H2,1-8H3/p+1. The fourth-order valence-corrected chi connectivity index (χ4v) is 7.64. The Kier molecular flexibility index (Phi) is 12.7. The van der Waals surface area contributed by atoms with E-state index in [1.807, 2.05) is 14.1 Å². The Morgan fingerprint density at radius 2 is 1.45 bits per heavy atom. The molecule has 276 valence electrons. The zero-order chi connectivity index (χ0) is 37.6. The first-order chi connectivity index (χ1) is 23.7. The first-order valence-electron chi connectivity index (χ1n) is 17.0. The molecule has 0 amide bonds. The monoisotopic (exact) mass is 739 g/mol. The zero-order valence-electron chi connectivity index (χ0n) is 30.9. The average molecular weight is 740 g/mol. The normalized spacial score (nSPS) is 12.6. The molecule has 0 saturated heterocycles. The van der Waals surface area contributed by atoms with Crippen molar-refractivity contribution in [3.63, 3.8) is 0 Å². The van der Waals surface area contributed by atoms with Gasteiger partial charge in [0.05, 0.1) is 50.0 Å². The number of aryl methyl sites for hydroxylation is 2. The van der Waals surface area contributed by atoms with E-state index in [4.69, 9.17) is 14.0 Å².